The van der Waals surface area contributed by atoms with Crippen molar-refractivity contribution in [1.29, 1.82) is 0 Å². The fraction of sp³-hybridized carbons (Fsp3) is 0.123. The first-order chi connectivity index (χ1) is 35.3. The summed E-state index contributed by atoms with van der Waals surface area (Å²) in [6.07, 6.45) is 4.76. The number of rotatable bonds is 3. The van der Waals surface area contributed by atoms with Crippen LogP contribution < -0.4 is 0 Å². The third-order valence-electron chi connectivity index (χ3n) is 16.6. The zero-order chi connectivity index (χ0) is 47.7. The molecule has 0 saturated heterocycles. The Balaban J connectivity index is 0.952. The molecule has 6 bridgehead atoms. The van der Waals surface area contributed by atoms with Gasteiger partial charge < -0.3 is 18.0 Å². The van der Waals surface area contributed by atoms with Crippen LogP contribution in [0.2, 0.25) is 0 Å². The topological polar surface area (TPSA) is 74.8 Å². The minimum Gasteiger partial charge on any atom is -0.454 e. The average Bonchev–Trinajstić information content (AvgIpc) is 4.19. The number of hydrogen-bond donors (Lipinski definition) is 0. The third kappa shape index (κ3) is 5.16. The second kappa shape index (κ2) is 14.2. The van der Waals surface area contributed by atoms with Gasteiger partial charge in [0.1, 0.15) is 17.0 Å². The van der Waals surface area contributed by atoms with Crippen LogP contribution in [-0.2, 0) is 5.41 Å². The molecule has 0 N–H and O–H groups in total. The lowest BCUT2D eigenvalue weighted by molar-refractivity contribution is 0.512. The number of benzene rings is 8. The molecule has 342 valence electrons. The van der Waals surface area contributed by atoms with Gasteiger partial charge in [0.05, 0.1) is 38.9 Å². The molecule has 13 aromatic rings. The summed E-state index contributed by atoms with van der Waals surface area (Å²) < 4.78 is 18.7. The Morgan fingerprint density at radius 3 is 1.89 bits per heavy atom. The number of aromatic nitrogens is 5. The molecule has 2 aliphatic carbocycles. The predicted octanol–water partition coefficient (Wildman–Crippen LogP) is 16.7. The minimum absolute atomic E-state index is 0.00810. The first-order valence-corrected chi connectivity index (χ1v) is 25.2. The Bertz CT molecular complexity index is 4600. The summed E-state index contributed by atoms with van der Waals surface area (Å²) in [5, 5.41) is 7.99. The number of fused-ring (bicyclic) bond motifs is 15. The molecule has 3 aliphatic rings. The molecule has 7 heteroatoms. The second-order valence-corrected chi connectivity index (χ2v) is 20.5. The Hall–Kier alpha value is -8.81. The smallest absolute Gasteiger partial charge is 0.167 e. The molecule has 8 aromatic carbocycles. The van der Waals surface area contributed by atoms with E-state index in [1.54, 1.807) is 0 Å². The lowest BCUT2D eigenvalue weighted by Crippen LogP contribution is -2.37. The Labute approximate surface area is 414 Å². The summed E-state index contributed by atoms with van der Waals surface area (Å²) in [6.45, 7) is 9.52. The van der Waals surface area contributed by atoms with Crippen molar-refractivity contribution in [3.8, 4) is 45.3 Å². The van der Waals surface area contributed by atoms with E-state index in [1.165, 1.54) is 49.7 Å². The molecule has 4 atom stereocenters. The largest absolute Gasteiger partial charge is 0.454 e. The van der Waals surface area contributed by atoms with E-state index in [-0.39, 0.29) is 17.8 Å². The van der Waals surface area contributed by atoms with Crippen LogP contribution in [0.3, 0.4) is 0 Å². The van der Waals surface area contributed by atoms with Crippen LogP contribution in [0, 0.1) is 5.92 Å². The lowest BCUT2D eigenvalue weighted by Gasteiger charge is -2.44. The Morgan fingerprint density at radius 1 is 0.472 bits per heavy atom. The van der Waals surface area contributed by atoms with Gasteiger partial charge in [0, 0.05) is 60.8 Å². The second-order valence-electron chi connectivity index (χ2n) is 20.5. The summed E-state index contributed by atoms with van der Waals surface area (Å²) in [5.41, 5.74) is 17.9. The van der Waals surface area contributed by atoms with E-state index in [0.29, 0.717) is 11.6 Å². The molecule has 0 spiro atoms. The van der Waals surface area contributed by atoms with E-state index in [2.05, 4.69) is 195 Å². The van der Waals surface area contributed by atoms with Gasteiger partial charge in [-0.2, -0.15) is 0 Å². The van der Waals surface area contributed by atoms with Crippen molar-refractivity contribution < 1.29 is 8.83 Å². The SMILES string of the molecule is CC1C=CC2(C)C3=C1C(C)c1c(n(c4ccc(-c5ccc6c(c5)c5ccccc5n6-c5cccc6c5oc5ccccc56)cc14)-c1cccc4c1oc1c(cccc14)-c1nc(-c4ccccc4)nc2n1)C3C. The van der Waals surface area contributed by atoms with Gasteiger partial charge >= 0.3 is 0 Å². The monoisotopic (exact) mass is 927 g/mol. The highest BCUT2D eigenvalue weighted by atomic mass is 16.3. The maximum absolute atomic E-state index is 7.21. The maximum Gasteiger partial charge on any atom is 0.167 e. The van der Waals surface area contributed by atoms with Gasteiger partial charge in [-0.15, -0.1) is 0 Å². The minimum atomic E-state index is -0.632. The number of hydrogen-bond acceptors (Lipinski definition) is 5. The first-order valence-electron chi connectivity index (χ1n) is 25.2. The number of furan rings is 2. The summed E-state index contributed by atoms with van der Waals surface area (Å²) in [7, 11) is 0. The highest BCUT2D eigenvalue weighted by Crippen LogP contribution is 2.58. The molecule has 1 aliphatic heterocycles. The molecular formula is C65H45N5O2. The van der Waals surface area contributed by atoms with Crippen LogP contribution in [0.25, 0.3) is 122 Å². The van der Waals surface area contributed by atoms with Gasteiger partial charge in [-0.25, -0.2) is 15.0 Å². The van der Waals surface area contributed by atoms with Crippen LogP contribution in [-0.4, -0.2) is 24.1 Å². The summed E-state index contributed by atoms with van der Waals surface area (Å²) in [5.74, 6) is 2.30. The van der Waals surface area contributed by atoms with Gasteiger partial charge in [0.15, 0.2) is 22.8 Å². The molecule has 0 saturated carbocycles. The number of allylic oxidation sites excluding steroid dienone is 4. The maximum atomic E-state index is 7.21. The number of para-hydroxylation sites is 5. The molecule has 7 nitrogen and oxygen atoms in total. The molecule has 0 fully saturated rings. The van der Waals surface area contributed by atoms with Crippen LogP contribution in [0.15, 0.2) is 202 Å². The molecule has 0 amide bonds. The number of nitrogens with zero attached hydrogens (tertiary/aromatic N) is 5. The van der Waals surface area contributed by atoms with Gasteiger partial charge in [-0.3, -0.25) is 0 Å². The highest BCUT2D eigenvalue weighted by molar-refractivity contribution is 6.14. The van der Waals surface area contributed by atoms with Gasteiger partial charge in [-0.1, -0.05) is 154 Å². The fourth-order valence-electron chi connectivity index (χ4n) is 13.5. The predicted molar refractivity (Wildman–Crippen MR) is 291 cm³/mol. The zero-order valence-electron chi connectivity index (χ0n) is 40.1. The average molecular weight is 928 g/mol. The van der Waals surface area contributed by atoms with E-state index in [9.17, 15) is 0 Å². The third-order valence-corrected chi connectivity index (χ3v) is 16.6. The van der Waals surface area contributed by atoms with Crippen molar-refractivity contribution in [2.24, 2.45) is 5.92 Å². The normalized spacial score (nSPS) is 19.2. The molecule has 72 heavy (non-hydrogen) atoms. The fourth-order valence-corrected chi connectivity index (χ4v) is 13.5. The van der Waals surface area contributed by atoms with Crippen molar-refractivity contribution in [2.45, 2.75) is 44.9 Å². The summed E-state index contributed by atoms with van der Waals surface area (Å²) in [6, 6.07) is 60.9. The Morgan fingerprint density at radius 2 is 1.08 bits per heavy atom. The van der Waals surface area contributed by atoms with Gasteiger partial charge in [0.25, 0.3) is 0 Å². The van der Waals surface area contributed by atoms with E-state index in [1.807, 2.05) is 24.3 Å². The van der Waals surface area contributed by atoms with Crippen LogP contribution in [0.5, 0.6) is 0 Å². The van der Waals surface area contributed by atoms with Crippen molar-refractivity contribution in [3.63, 3.8) is 0 Å². The van der Waals surface area contributed by atoms with E-state index >= 15 is 0 Å². The highest BCUT2D eigenvalue weighted by Gasteiger charge is 2.47. The standard InChI is InChI=1S/C65H45N5O2/c1-35-31-32-65(4)57-37(3)58-56(36(2)55(35)57)48-34-40(39-27-29-50-47(33-39)41-17-8-10-23-49(41)69(50)52-24-13-20-43-42-18-9-11-26-54(42)71-60(43)52)28-30-51(48)70(58)53-25-14-21-45-44-19-12-22-46(59(44)72-61(45)53)63-66-62(67-64(65)68-63)38-15-6-5-7-16-38/h5-37H,1-4H3. The van der Waals surface area contributed by atoms with Gasteiger partial charge in [-0.05, 0) is 89.7 Å². The zero-order valence-corrected chi connectivity index (χ0v) is 40.1. The summed E-state index contributed by atoms with van der Waals surface area (Å²) >= 11 is 0. The molecule has 16 rings (SSSR count). The van der Waals surface area contributed by atoms with E-state index in [4.69, 9.17) is 23.8 Å². The van der Waals surface area contributed by atoms with E-state index < -0.39 is 5.41 Å². The molecule has 6 heterocycles. The molecular weight excluding hydrogens is 883 g/mol. The first kappa shape index (κ1) is 40.0. The van der Waals surface area contributed by atoms with Crippen molar-refractivity contribution in [2.75, 3.05) is 0 Å². The van der Waals surface area contributed by atoms with Crippen LogP contribution >= 0.6 is 0 Å². The lowest BCUT2D eigenvalue weighted by atomic mass is 9.60. The van der Waals surface area contributed by atoms with Crippen molar-refractivity contribution >= 4 is 76.6 Å². The summed E-state index contributed by atoms with van der Waals surface area (Å²) in [4.78, 5) is 16.1. The van der Waals surface area contributed by atoms with Crippen LogP contribution in [0.1, 0.15) is 56.6 Å². The Kier molecular flexibility index (Phi) is 7.87. The van der Waals surface area contributed by atoms with Crippen molar-refractivity contribution in [3.05, 3.63) is 210 Å². The molecule has 5 aromatic heterocycles. The molecule has 4 unspecified atom stereocenters. The van der Waals surface area contributed by atoms with E-state index in [0.717, 1.165) is 88.8 Å². The van der Waals surface area contributed by atoms with Gasteiger partial charge in [0.2, 0.25) is 0 Å². The quantitative estimate of drug-likeness (QED) is 0.165. The van der Waals surface area contributed by atoms with Crippen molar-refractivity contribution in [1.82, 2.24) is 24.1 Å². The van der Waals surface area contributed by atoms with Crippen LogP contribution in [0.4, 0.5) is 0 Å². The molecule has 0 radical (unpaired) electrons.